The maximum Gasteiger partial charge on any atom is 0.226 e. The highest BCUT2D eigenvalue weighted by Crippen LogP contribution is 2.14. The third-order valence-electron chi connectivity index (χ3n) is 4.68. The molecule has 0 aromatic heterocycles. The molecule has 6 nitrogen and oxygen atoms in total. The number of anilines is 1. The quantitative estimate of drug-likeness (QED) is 0.452. The van der Waals surface area contributed by atoms with Gasteiger partial charge in [0.2, 0.25) is 5.91 Å². The van der Waals surface area contributed by atoms with Crippen molar-refractivity contribution >= 4 is 33.5 Å². The molecule has 0 spiro atoms. The van der Waals surface area contributed by atoms with E-state index in [1.54, 1.807) is 0 Å². The topological polar surface area (TPSA) is 68.8 Å². The minimum Gasteiger partial charge on any atom is -0.357 e. The molecule has 1 fully saturated rings. The van der Waals surface area contributed by atoms with Crippen molar-refractivity contribution in [3.63, 3.8) is 0 Å². The van der Waals surface area contributed by atoms with Crippen LogP contribution in [0.25, 0.3) is 0 Å². The van der Waals surface area contributed by atoms with Gasteiger partial charge in [0.15, 0.2) is 5.96 Å². The molecule has 0 aliphatic carbocycles. The Morgan fingerprint density at radius 2 is 1.93 bits per heavy atom. The number of hydrogen-bond donors (Lipinski definition) is 3. The smallest absolute Gasteiger partial charge is 0.226 e. The maximum atomic E-state index is 12.1. The van der Waals surface area contributed by atoms with Gasteiger partial charge in [-0.1, -0.05) is 15.9 Å². The first-order chi connectivity index (χ1) is 13.0. The average Bonchev–Trinajstić information content (AvgIpc) is 2.64. The number of guanidine groups is 1. The predicted octanol–water partition coefficient (Wildman–Crippen LogP) is 3.21. The lowest BCUT2D eigenvalue weighted by atomic mass is 10.0. The lowest BCUT2D eigenvalue weighted by Gasteiger charge is -2.35. The zero-order valence-corrected chi connectivity index (χ0v) is 18.2. The van der Waals surface area contributed by atoms with E-state index in [2.05, 4.69) is 62.5 Å². The average molecular weight is 438 g/mol. The highest BCUT2D eigenvalue weighted by Gasteiger charge is 2.21. The second kappa shape index (κ2) is 11.3. The number of carbonyl (C=O) groups is 1. The van der Waals surface area contributed by atoms with Crippen LogP contribution in [0.1, 0.15) is 40.0 Å². The van der Waals surface area contributed by atoms with E-state index in [0.29, 0.717) is 25.0 Å². The fourth-order valence-corrected chi connectivity index (χ4v) is 3.36. The number of halogens is 1. The van der Waals surface area contributed by atoms with Crippen LogP contribution in [0.3, 0.4) is 0 Å². The predicted molar refractivity (Wildman–Crippen MR) is 116 cm³/mol. The molecular formula is C20H32BrN5O. The molecule has 0 bridgehead atoms. The minimum atomic E-state index is -0.0258. The van der Waals surface area contributed by atoms with Crippen molar-refractivity contribution < 1.29 is 4.79 Å². The van der Waals surface area contributed by atoms with Gasteiger partial charge in [0.05, 0.1) is 6.54 Å². The van der Waals surface area contributed by atoms with Gasteiger partial charge in [-0.3, -0.25) is 9.79 Å². The van der Waals surface area contributed by atoms with Crippen LogP contribution >= 0.6 is 15.9 Å². The monoisotopic (exact) mass is 437 g/mol. The largest absolute Gasteiger partial charge is 0.357 e. The summed E-state index contributed by atoms with van der Waals surface area (Å²) in [6, 6.07) is 8.62. The molecule has 1 aliphatic rings. The van der Waals surface area contributed by atoms with E-state index in [9.17, 15) is 4.79 Å². The van der Waals surface area contributed by atoms with Crippen LogP contribution < -0.4 is 16.0 Å². The lowest BCUT2D eigenvalue weighted by Crippen LogP contribution is -2.49. The van der Waals surface area contributed by atoms with E-state index in [1.807, 2.05) is 24.3 Å². The second-order valence-corrected chi connectivity index (χ2v) is 8.03. The first kappa shape index (κ1) is 21.7. The molecule has 7 heteroatoms. The number of likely N-dealkylation sites (tertiary alicyclic amines) is 1. The molecule has 150 valence electrons. The summed E-state index contributed by atoms with van der Waals surface area (Å²) in [6.07, 6.45) is 2.59. The Kier molecular flexibility index (Phi) is 9.07. The second-order valence-electron chi connectivity index (χ2n) is 7.11. The van der Waals surface area contributed by atoms with E-state index in [0.717, 1.165) is 48.6 Å². The number of rotatable bonds is 7. The molecule has 27 heavy (non-hydrogen) atoms. The Bertz CT molecular complexity index is 609. The normalized spacial score (nSPS) is 16.4. The first-order valence-electron chi connectivity index (χ1n) is 9.82. The lowest BCUT2D eigenvalue weighted by molar-refractivity contribution is -0.116. The highest BCUT2D eigenvalue weighted by atomic mass is 79.9. The summed E-state index contributed by atoms with van der Waals surface area (Å²) >= 11 is 3.39. The molecule has 0 unspecified atom stereocenters. The van der Waals surface area contributed by atoms with Crippen molar-refractivity contribution in [1.82, 2.24) is 15.5 Å². The number of carbonyl (C=O) groups excluding carboxylic acids is 1. The summed E-state index contributed by atoms with van der Waals surface area (Å²) < 4.78 is 0.991. The molecule has 1 aromatic carbocycles. The van der Waals surface area contributed by atoms with Crippen LogP contribution in [0.5, 0.6) is 0 Å². The summed E-state index contributed by atoms with van der Waals surface area (Å²) in [7, 11) is 0. The zero-order valence-electron chi connectivity index (χ0n) is 16.6. The molecule has 0 saturated carbocycles. The van der Waals surface area contributed by atoms with Crippen LogP contribution in [0, 0.1) is 0 Å². The fourth-order valence-electron chi connectivity index (χ4n) is 3.10. The maximum absolute atomic E-state index is 12.1. The Balaban J connectivity index is 1.77. The molecule has 1 aliphatic heterocycles. The van der Waals surface area contributed by atoms with E-state index in [4.69, 9.17) is 0 Å². The van der Waals surface area contributed by atoms with Gasteiger partial charge < -0.3 is 20.9 Å². The van der Waals surface area contributed by atoms with E-state index in [-0.39, 0.29) is 5.91 Å². The zero-order chi connectivity index (χ0) is 19.6. The van der Waals surface area contributed by atoms with Crippen LogP contribution in [0.4, 0.5) is 5.69 Å². The van der Waals surface area contributed by atoms with Crippen molar-refractivity contribution in [3.05, 3.63) is 28.7 Å². The summed E-state index contributed by atoms with van der Waals surface area (Å²) in [5.74, 6) is 0.777. The number of aliphatic imine (C=N–C) groups is 1. The Morgan fingerprint density at radius 3 is 2.52 bits per heavy atom. The van der Waals surface area contributed by atoms with Crippen molar-refractivity contribution in [2.45, 2.75) is 52.1 Å². The van der Waals surface area contributed by atoms with Crippen molar-refractivity contribution in [1.29, 1.82) is 0 Å². The molecule has 1 amide bonds. The third-order valence-corrected chi connectivity index (χ3v) is 5.21. The molecule has 0 atom stereocenters. The van der Waals surface area contributed by atoms with Crippen LogP contribution in [0.2, 0.25) is 0 Å². The first-order valence-corrected chi connectivity index (χ1v) is 10.6. The highest BCUT2D eigenvalue weighted by molar-refractivity contribution is 9.10. The number of amides is 1. The summed E-state index contributed by atoms with van der Waals surface area (Å²) in [4.78, 5) is 19.2. The number of nitrogens with zero attached hydrogens (tertiary/aromatic N) is 2. The third kappa shape index (κ3) is 7.89. The number of piperidine rings is 1. The van der Waals surface area contributed by atoms with Gasteiger partial charge in [-0.2, -0.15) is 0 Å². The van der Waals surface area contributed by atoms with Crippen LogP contribution in [-0.4, -0.2) is 55.0 Å². The van der Waals surface area contributed by atoms with Gasteiger partial charge in [-0.05, 0) is 57.9 Å². The summed E-state index contributed by atoms with van der Waals surface area (Å²) in [5.41, 5.74) is 0.800. The molecule has 2 rings (SSSR count). The van der Waals surface area contributed by atoms with Crippen molar-refractivity contribution in [2.24, 2.45) is 4.99 Å². The summed E-state index contributed by atoms with van der Waals surface area (Å²) in [6.45, 7) is 10.1. The number of nitrogens with one attached hydrogen (secondary N) is 3. The van der Waals surface area contributed by atoms with Crippen molar-refractivity contribution in [3.8, 4) is 0 Å². The Labute approximate surface area is 171 Å². The van der Waals surface area contributed by atoms with Crippen LogP contribution in [0.15, 0.2) is 33.7 Å². The molecule has 0 radical (unpaired) electrons. The van der Waals surface area contributed by atoms with Gasteiger partial charge in [0.1, 0.15) is 0 Å². The molecule has 3 N–H and O–H groups in total. The number of benzene rings is 1. The minimum absolute atomic E-state index is 0.0258. The van der Waals surface area contributed by atoms with Crippen LogP contribution in [-0.2, 0) is 4.79 Å². The van der Waals surface area contributed by atoms with Gasteiger partial charge in [0, 0.05) is 48.3 Å². The summed E-state index contributed by atoms with van der Waals surface area (Å²) in [5, 5.41) is 9.70. The number of hydrogen-bond acceptors (Lipinski definition) is 3. The van der Waals surface area contributed by atoms with Gasteiger partial charge >= 0.3 is 0 Å². The van der Waals surface area contributed by atoms with E-state index >= 15 is 0 Å². The molecule has 1 saturated heterocycles. The Hall–Kier alpha value is -1.60. The molecule has 1 heterocycles. The van der Waals surface area contributed by atoms with Gasteiger partial charge in [0.25, 0.3) is 0 Å². The molecule has 1 aromatic rings. The fraction of sp³-hybridized carbons (Fsp3) is 0.600. The standard InChI is InChI=1S/C20H32BrN5O/c1-4-22-20(25-18-10-13-26(14-11-18)15(2)3)23-12-9-19(27)24-17-7-5-16(21)6-8-17/h5-8,15,18H,4,9-14H2,1-3H3,(H,24,27)(H2,22,23,25). The Morgan fingerprint density at radius 1 is 1.26 bits per heavy atom. The SMILES string of the molecule is CCNC(=NCCC(=O)Nc1ccc(Br)cc1)NC1CCN(C(C)C)CC1. The van der Waals surface area contributed by atoms with Gasteiger partial charge in [-0.25, -0.2) is 0 Å². The molecular weight excluding hydrogens is 406 g/mol. The van der Waals surface area contributed by atoms with E-state index < -0.39 is 0 Å². The van der Waals surface area contributed by atoms with E-state index in [1.165, 1.54) is 0 Å². The van der Waals surface area contributed by atoms with Gasteiger partial charge in [-0.15, -0.1) is 0 Å². The van der Waals surface area contributed by atoms with Crippen molar-refractivity contribution in [2.75, 3.05) is 31.5 Å².